The van der Waals surface area contributed by atoms with E-state index in [1.165, 1.54) is 7.11 Å². The van der Waals surface area contributed by atoms with Gasteiger partial charge in [0, 0.05) is 24.3 Å². The number of benzene rings is 2. The van der Waals surface area contributed by atoms with E-state index >= 15 is 0 Å². The molecule has 2 heterocycles. The fourth-order valence-electron chi connectivity index (χ4n) is 4.63. The van der Waals surface area contributed by atoms with Crippen molar-refractivity contribution in [1.29, 1.82) is 0 Å². The highest BCUT2D eigenvalue weighted by Gasteiger charge is 2.46. The number of aliphatic hydroxyl groups excluding tert-OH is 1. The van der Waals surface area contributed by atoms with E-state index in [0.29, 0.717) is 17.9 Å². The van der Waals surface area contributed by atoms with E-state index in [-0.39, 0.29) is 55.6 Å². The van der Waals surface area contributed by atoms with Crippen molar-refractivity contribution in [3.63, 3.8) is 0 Å². The molecule has 0 bridgehead atoms. The average Bonchev–Trinajstić information content (AvgIpc) is 3.17. The summed E-state index contributed by atoms with van der Waals surface area (Å²) in [6, 6.07) is 15.1. The number of anilines is 1. The molecular formula is C25H30N2O6. The molecule has 2 aromatic carbocycles. The highest BCUT2D eigenvalue weighted by Crippen LogP contribution is 2.47. The lowest BCUT2D eigenvalue weighted by Gasteiger charge is -2.37. The molecule has 0 spiro atoms. The van der Waals surface area contributed by atoms with Crippen molar-refractivity contribution in [2.45, 2.75) is 50.0 Å². The molecule has 2 aliphatic rings. The first-order chi connectivity index (χ1) is 16.0. The van der Waals surface area contributed by atoms with E-state index in [4.69, 9.17) is 14.2 Å². The molecular weight excluding hydrogens is 424 g/mol. The predicted molar refractivity (Wildman–Crippen MR) is 122 cm³/mol. The van der Waals surface area contributed by atoms with Gasteiger partial charge in [-0.25, -0.2) is 0 Å². The SMILES string of the molecule is COCC(=O)Nc1ccc2c(c1)[C@H]1C[C@H](CC(=O)N[C@@H](C)c3ccccc3)O[C@H](CO)[C@H]1O2. The maximum absolute atomic E-state index is 12.7. The van der Waals surface area contributed by atoms with Gasteiger partial charge in [0.25, 0.3) is 0 Å². The van der Waals surface area contributed by atoms with Gasteiger partial charge in [-0.2, -0.15) is 0 Å². The van der Waals surface area contributed by atoms with Crippen molar-refractivity contribution in [1.82, 2.24) is 5.32 Å². The van der Waals surface area contributed by atoms with Gasteiger partial charge in [0.05, 0.1) is 25.2 Å². The Balaban J connectivity index is 1.44. The van der Waals surface area contributed by atoms with E-state index in [1.54, 1.807) is 6.07 Å². The van der Waals surface area contributed by atoms with Crippen molar-refractivity contribution in [3.05, 3.63) is 59.7 Å². The number of aliphatic hydroxyl groups is 1. The smallest absolute Gasteiger partial charge is 0.250 e. The minimum atomic E-state index is -0.535. The summed E-state index contributed by atoms with van der Waals surface area (Å²) in [5, 5.41) is 15.8. The molecule has 4 rings (SSSR count). The number of amides is 2. The number of carbonyl (C=O) groups is 2. The third kappa shape index (κ3) is 5.35. The number of ether oxygens (including phenoxy) is 3. The summed E-state index contributed by atoms with van der Waals surface area (Å²) in [7, 11) is 1.47. The van der Waals surface area contributed by atoms with Gasteiger partial charge >= 0.3 is 0 Å². The Labute approximate surface area is 193 Å². The van der Waals surface area contributed by atoms with Gasteiger partial charge in [-0.3, -0.25) is 9.59 Å². The molecule has 0 aliphatic carbocycles. The van der Waals surface area contributed by atoms with Crippen LogP contribution in [0.4, 0.5) is 5.69 Å². The van der Waals surface area contributed by atoms with Crippen molar-refractivity contribution < 1.29 is 28.9 Å². The molecule has 0 saturated carbocycles. The zero-order chi connectivity index (χ0) is 23.4. The quantitative estimate of drug-likeness (QED) is 0.566. The normalized spacial score (nSPS) is 24.2. The predicted octanol–water partition coefficient (Wildman–Crippen LogP) is 2.53. The number of fused-ring (bicyclic) bond motifs is 3. The number of nitrogens with one attached hydrogen (secondary N) is 2. The summed E-state index contributed by atoms with van der Waals surface area (Å²) in [6.07, 6.45) is -0.454. The Morgan fingerprint density at radius 1 is 1.18 bits per heavy atom. The van der Waals surface area contributed by atoms with Crippen LogP contribution in [-0.4, -0.2) is 55.6 Å². The topological polar surface area (TPSA) is 106 Å². The molecule has 2 aliphatic heterocycles. The number of carbonyl (C=O) groups excluding carboxylic acids is 2. The molecule has 1 fully saturated rings. The molecule has 176 valence electrons. The number of hydrogen-bond donors (Lipinski definition) is 3. The third-order valence-corrected chi connectivity index (χ3v) is 6.15. The van der Waals surface area contributed by atoms with Gasteiger partial charge < -0.3 is 30.0 Å². The van der Waals surface area contributed by atoms with Gasteiger partial charge in [-0.05, 0) is 37.1 Å². The van der Waals surface area contributed by atoms with Gasteiger partial charge in [0.15, 0.2) is 0 Å². The minimum Gasteiger partial charge on any atom is -0.487 e. The Morgan fingerprint density at radius 2 is 1.97 bits per heavy atom. The van der Waals surface area contributed by atoms with Crippen LogP contribution in [0.2, 0.25) is 0 Å². The Morgan fingerprint density at radius 3 is 2.70 bits per heavy atom. The van der Waals surface area contributed by atoms with Crippen LogP contribution in [0.15, 0.2) is 48.5 Å². The molecule has 0 radical (unpaired) electrons. The Bertz CT molecular complexity index is 982. The zero-order valence-electron chi connectivity index (χ0n) is 18.8. The van der Waals surface area contributed by atoms with Crippen LogP contribution in [0.3, 0.4) is 0 Å². The summed E-state index contributed by atoms with van der Waals surface area (Å²) in [6.45, 7) is 1.71. The van der Waals surface area contributed by atoms with Crippen molar-refractivity contribution >= 4 is 17.5 Å². The summed E-state index contributed by atoms with van der Waals surface area (Å²) in [5.74, 6) is 0.315. The first-order valence-electron chi connectivity index (χ1n) is 11.2. The summed E-state index contributed by atoms with van der Waals surface area (Å²) >= 11 is 0. The van der Waals surface area contributed by atoms with Crippen molar-refractivity contribution in [3.8, 4) is 5.75 Å². The molecule has 5 atom stereocenters. The maximum Gasteiger partial charge on any atom is 0.250 e. The second kappa shape index (κ2) is 10.3. The molecule has 8 nitrogen and oxygen atoms in total. The number of rotatable bonds is 8. The minimum absolute atomic E-state index is 0.0291. The van der Waals surface area contributed by atoms with E-state index in [1.807, 2.05) is 49.4 Å². The molecule has 2 aromatic rings. The fourth-order valence-corrected chi connectivity index (χ4v) is 4.63. The first-order valence-corrected chi connectivity index (χ1v) is 11.2. The van der Waals surface area contributed by atoms with Crippen molar-refractivity contribution in [2.24, 2.45) is 0 Å². The molecule has 3 N–H and O–H groups in total. The van der Waals surface area contributed by atoms with Gasteiger partial charge in [-0.1, -0.05) is 30.3 Å². The summed E-state index contributed by atoms with van der Waals surface area (Å²) < 4.78 is 17.0. The van der Waals surface area contributed by atoms with Gasteiger partial charge in [0.2, 0.25) is 11.8 Å². The van der Waals surface area contributed by atoms with Crippen LogP contribution in [0.5, 0.6) is 5.75 Å². The highest BCUT2D eigenvalue weighted by molar-refractivity contribution is 5.92. The Hall–Kier alpha value is -2.94. The summed E-state index contributed by atoms with van der Waals surface area (Å²) in [5.41, 5.74) is 2.63. The molecule has 2 amide bonds. The third-order valence-electron chi connectivity index (χ3n) is 6.15. The standard InChI is InChI=1S/C25H30N2O6/c1-15(16-6-4-3-5-7-16)26-23(29)12-18-11-20-19-10-17(27-24(30)14-31-2)8-9-21(19)33-25(20)22(13-28)32-18/h3-10,15,18,20,22,25,28H,11-14H2,1-2H3,(H,26,29)(H,27,30)/t15-,18+,20+,22+,25-/m0/s1. The first kappa shape index (κ1) is 23.2. The van der Waals surface area contributed by atoms with Crippen LogP contribution in [-0.2, 0) is 19.1 Å². The van der Waals surface area contributed by atoms with E-state index < -0.39 is 6.10 Å². The zero-order valence-corrected chi connectivity index (χ0v) is 18.8. The van der Waals surface area contributed by atoms with E-state index in [9.17, 15) is 14.7 Å². The maximum atomic E-state index is 12.7. The number of methoxy groups -OCH3 is 1. The monoisotopic (exact) mass is 454 g/mol. The lowest BCUT2D eigenvalue weighted by atomic mass is 9.84. The molecule has 0 unspecified atom stereocenters. The van der Waals surface area contributed by atoms with Crippen molar-refractivity contribution in [2.75, 3.05) is 25.6 Å². The molecule has 33 heavy (non-hydrogen) atoms. The van der Waals surface area contributed by atoms with Gasteiger partial charge in [-0.15, -0.1) is 0 Å². The largest absolute Gasteiger partial charge is 0.487 e. The second-order valence-corrected chi connectivity index (χ2v) is 8.54. The molecule has 1 saturated heterocycles. The van der Waals surface area contributed by atoms with Crippen LogP contribution in [0, 0.1) is 0 Å². The lowest BCUT2D eigenvalue weighted by Crippen LogP contribution is -2.47. The lowest BCUT2D eigenvalue weighted by molar-refractivity contribution is -0.142. The number of hydrogen-bond acceptors (Lipinski definition) is 6. The molecule has 0 aromatic heterocycles. The Kier molecular flexibility index (Phi) is 7.27. The van der Waals surface area contributed by atoms with E-state index in [2.05, 4.69) is 10.6 Å². The molecule has 8 heteroatoms. The van der Waals surface area contributed by atoms with Crippen LogP contribution in [0.25, 0.3) is 0 Å². The van der Waals surface area contributed by atoms with Crippen LogP contribution >= 0.6 is 0 Å². The fraction of sp³-hybridized carbons (Fsp3) is 0.440. The summed E-state index contributed by atoms with van der Waals surface area (Å²) in [4.78, 5) is 24.6. The van der Waals surface area contributed by atoms with E-state index in [0.717, 1.165) is 11.1 Å². The second-order valence-electron chi connectivity index (χ2n) is 8.54. The highest BCUT2D eigenvalue weighted by atomic mass is 16.6. The van der Waals surface area contributed by atoms with Gasteiger partial charge in [0.1, 0.15) is 24.6 Å². The van der Waals surface area contributed by atoms with Crippen LogP contribution < -0.4 is 15.4 Å². The average molecular weight is 455 g/mol. The van der Waals surface area contributed by atoms with Crippen LogP contribution in [0.1, 0.15) is 42.9 Å².